The molecule has 38 heavy (non-hydrogen) atoms. The van der Waals surface area contributed by atoms with Crippen molar-refractivity contribution in [2.75, 3.05) is 38.3 Å². The Bertz CT molecular complexity index is 982. The summed E-state index contributed by atoms with van der Waals surface area (Å²) in [5.74, 6) is 0.694. The summed E-state index contributed by atoms with van der Waals surface area (Å²) < 4.78 is 5.58. The Kier molecular flexibility index (Phi) is 10.3. The fraction of sp³-hybridized carbons (Fsp3) is 0.621. The van der Waals surface area contributed by atoms with Crippen LogP contribution in [-0.2, 0) is 25.5 Å². The first-order chi connectivity index (χ1) is 18.4. The molecule has 208 valence electrons. The zero-order chi connectivity index (χ0) is 27.0. The Morgan fingerprint density at radius 1 is 1.18 bits per heavy atom. The second kappa shape index (κ2) is 13.6. The number of piperidine rings is 1. The van der Waals surface area contributed by atoms with Crippen molar-refractivity contribution < 1.29 is 19.1 Å². The Morgan fingerprint density at radius 3 is 2.68 bits per heavy atom. The first-order valence-corrected chi connectivity index (χ1v) is 15.2. The van der Waals surface area contributed by atoms with Crippen LogP contribution in [0.2, 0.25) is 0 Å². The molecule has 0 saturated carbocycles. The first kappa shape index (κ1) is 28.6. The van der Waals surface area contributed by atoms with Crippen LogP contribution < -0.4 is 16.4 Å². The van der Waals surface area contributed by atoms with Crippen LogP contribution in [0.5, 0.6) is 0 Å². The molecule has 0 unspecified atom stereocenters. The van der Waals surface area contributed by atoms with Gasteiger partial charge >= 0.3 is 0 Å². The average molecular weight is 543 g/mol. The molecule has 0 bridgehead atoms. The highest BCUT2D eigenvalue weighted by Gasteiger charge is 2.42. The Morgan fingerprint density at radius 2 is 1.95 bits per heavy atom. The van der Waals surface area contributed by atoms with Gasteiger partial charge in [-0.05, 0) is 56.1 Å². The molecule has 3 aliphatic rings. The van der Waals surface area contributed by atoms with Crippen LogP contribution in [0.25, 0.3) is 0 Å². The largest absolute Gasteiger partial charge is 0.381 e. The lowest BCUT2D eigenvalue weighted by molar-refractivity contribution is -0.140. The van der Waals surface area contributed by atoms with E-state index >= 15 is 0 Å². The number of nitrogens with two attached hydrogens (primary N) is 1. The van der Waals surface area contributed by atoms with Crippen LogP contribution in [0.3, 0.4) is 0 Å². The Labute approximate surface area is 230 Å². The van der Waals surface area contributed by atoms with Gasteiger partial charge in [-0.3, -0.25) is 14.4 Å². The monoisotopic (exact) mass is 542 g/mol. The lowest BCUT2D eigenvalue weighted by atomic mass is 9.75. The molecule has 1 aromatic rings. The number of hydrogen-bond donors (Lipinski definition) is 3. The van der Waals surface area contributed by atoms with Crippen LogP contribution in [0.15, 0.2) is 42.5 Å². The van der Waals surface area contributed by atoms with E-state index in [0.29, 0.717) is 64.8 Å². The van der Waals surface area contributed by atoms with Crippen molar-refractivity contribution in [3.05, 3.63) is 48.0 Å². The summed E-state index contributed by atoms with van der Waals surface area (Å²) in [6.07, 6.45) is 10.6. The van der Waals surface area contributed by atoms with Gasteiger partial charge in [-0.15, -0.1) is 0 Å². The lowest BCUT2D eigenvalue weighted by Crippen LogP contribution is -2.59. The highest BCUT2D eigenvalue weighted by Crippen LogP contribution is 2.36. The Hall–Kier alpha value is -2.36. The molecule has 0 aliphatic carbocycles. The number of hydrogen-bond acceptors (Lipinski definition) is 6. The van der Waals surface area contributed by atoms with E-state index in [-0.39, 0.29) is 29.7 Å². The molecule has 2 fully saturated rings. The van der Waals surface area contributed by atoms with E-state index in [1.54, 1.807) is 11.8 Å². The van der Waals surface area contributed by atoms with E-state index in [1.165, 1.54) is 0 Å². The number of likely N-dealkylation sites (tertiary alicyclic amines) is 1. The van der Waals surface area contributed by atoms with Crippen molar-refractivity contribution in [3.8, 4) is 0 Å². The van der Waals surface area contributed by atoms with E-state index in [9.17, 15) is 14.4 Å². The second-order valence-corrected chi connectivity index (χ2v) is 11.8. The number of carbonyl (C=O) groups is 3. The minimum absolute atomic E-state index is 0.00528. The molecular formula is C29H42N4O4S. The number of ether oxygens (including phenoxy) is 1. The van der Waals surface area contributed by atoms with Crippen molar-refractivity contribution in [2.24, 2.45) is 17.1 Å². The summed E-state index contributed by atoms with van der Waals surface area (Å²) in [4.78, 5) is 42.2. The van der Waals surface area contributed by atoms with Gasteiger partial charge in [0.05, 0.1) is 11.5 Å². The maximum Gasteiger partial charge on any atom is 0.243 e. The highest BCUT2D eigenvalue weighted by molar-refractivity contribution is 7.98. The fourth-order valence-electron chi connectivity index (χ4n) is 5.78. The van der Waals surface area contributed by atoms with Gasteiger partial charge in [0, 0.05) is 44.7 Å². The van der Waals surface area contributed by atoms with Gasteiger partial charge in [-0.2, -0.15) is 11.8 Å². The number of amides is 3. The van der Waals surface area contributed by atoms with Gasteiger partial charge in [-0.1, -0.05) is 42.5 Å². The van der Waals surface area contributed by atoms with E-state index in [4.69, 9.17) is 10.5 Å². The third-order valence-electron chi connectivity index (χ3n) is 8.27. The van der Waals surface area contributed by atoms with E-state index in [1.807, 2.05) is 41.5 Å². The van der Waals surface area contributed by atoms with Crippen LogP contribution >= 0.6 is 11.8 Å². The maximum absolute atomic E-state index is 13.7. The minimum Gasteiger partial charge on any atom is -0.381 e. The highest BCUT2D eigenvalue weighted by atomic mass is 32.2. The molecule has 0 aromatic heterocycles. The van der Waals surface area contributed by atoms with Gasteiger partial charge in [0.1, 0.15) is 6.04 Å². The van der Waals surface area contributed by atoms with Gasteiger partial charge in [-0.25, -0.2) is 0 Å². The standard InChI is InChI=1S/C29H42N4O4S/c1-38-18-11-23(30)27(35)33-15-10-24-22(20-33)9-5-6-12-29(13-16-37-17-14-29)28(36)32-25(26(34)31-24)19-21-7-3-2-4-8-21/h2-8,22-25H,9-20,30H2,1H3,(H,31,34)(H,32,36)/b6-5+/t22-,23-,24-,25-/m0/s1. The number of fused-ring (bicyclic) bond motifs is 1. The summed E-state index contributed by atoms with van der Waals surface area (Å²) in [7, 11) is 0. The molecule has 4 N–H and O–H groups in total. The molecule has 3 amide bonds. The van der Waals surface area contributed by atoms with Crippen LogP contribution in [0.1, 0.15) is 44.1 Å². The molecule has 8 nitrogen and oxygen atoms in total. The minimum atomic E-state index is -0.673. The third kappa shape index (κ3) is 7.18. The SMILES string of the molecule is CSCC[C@H](N)C(=O)N1CC[C@@H]2NC(=O)[C@H](Cc3ccccc3)NC(=O)C3(C/C=C/C[C@H]2C1)CCOCC3. The summed E-state index contributed by atoms with van der Waals surface area (Å²) in [5.41, 5.74) is 6.62. The maximum atomic E-state index is 13.7. The zero-order valence-corrected chi connectivity index (χ0v) is 23.2. The van der Waals surface area contributed by atoms with E-state index in [2.05, 4.69) is 22.8 Å². The van der Waals surface area contributed by atoms with Crippen molar-refractivity contribution in [3.63, 3.8) is 0 Å². The summed E-state index contributed by atoms with van der Waals surface area (Å²) in [6.45, 7) is 2.20. The van der Waals surface area contributed by atoms with Gasteiger partial charge in [0.2, 0.25) is 17.7 Å². The quantitative estimate of drug-likeness (QED) is 0.476. The predicted molar refractivity (Wildman–Crippen MR) is 151 cm³/mol. The second-order valence-electron chi connectivity index (χ2n) is 10.9. The van der Waals surface area contributed by atoms with Crippen LogP contribution in [0.4, 0.5) is 0 Å². The number of rotatable bonds is 6. The molecule has 4 rings (SSSR count). The number of carbonyl (C=O) groups excluding carboxylic acids is 3. The third-order valence-corrected chi connectivity index (χ3v) is 8.92. The number of benzene rings is 1. The molecule has 9 heteroatoms. The normalized spacial score (nSPS) is 27.7. The first-order valence-electron chi connectivity index (χ1n) is 13.8. The smallest absolute Gasteiger partial charge is 0.243 e. The van der Waals surface area contributed by atoms with Gasteiger partial charge < -0.3 is 26.0 Å². The summed E-state index contributed by atoms with van der Waals surface area (Å²) in [5, 5.41) is 6.38. The average Bonchev–Trinajstić information content (AvgIpc) is 2.94. The molecule has 3 heterocycles. The van der Waals surface area contributed by atoms with Crippen LogP contribution in [-0.4, -0.2) is 79.1 Å². The number of thioether (sulfide) groups is 1. The van der Waals surface area contributed by atoms with E-state index < -0.39 is 17.5 Å². The van der Waals surface area contributed by atoms with Crippen molar-refractivity contribution in [1.82, 2.24) is 15.5 Å². The van der Waals surface area contributed by atoms with Crippen molar-refractivity contribution in [2.45, 2.75) is 63.1 Å². The zero-order valence-electron chi connectivity index (χ0n) is 22.4. The lowest BCUT2D eigenvalue weighted by Gasteiger charge is -2.41. The molecule has 2 saturated heterocycles. The molecule has 1 spiro atoms. The Balaban J connectivity index is 1.55. The molecule has 1 aromatic carbocycles. The fourth-order valence-corrected chi connectivity index (χ4v) is 6.27. The number of allylic oxidation sites excluding steroid dienone is 2. The van der Waals surface area contributed by atoms with E-state index in [0.717, 1.165) is 17.7 Å². The summed E-state index contributed by atoms with van der Waals surface area (Å²) in [6, 6.07) is 8.56. The molecule has 4 atom stereocenters. The predicted octanol–water partition coefficient (Wildman–Crippen LogP) is 2.27. The topological polar surface area (TPSA) is 114 Å². The van der Waals surface area contributed by atoms with Crippen LogP contribution in [0, 0.1) is 11.3 Å². The number of nitrogens with zero attached hydrogens (tertiary/aromatic N) is 1. The van der Waals surface area contributed by atoms with Crippen molar-refractivity contribution >= 4 is 29.5 Å². The van der Waals surface area contributed by atoms with Gasteiger partial charge in [0.25, 0.3) is 0 Å². The van der Waals surface area contributed by atoms with Gasteiger partial charge in [0.15, 0.2) is 0 Å². The number of nitrogens with one attached hydrogen (secondary N) is 2. The summed E-state index contributed by atoms with van der Waals surface area (Å²) >= 11 is 1.69. The molecule has 0 radical (unpaired) electrons. The van der Waals surface area contributed by atoms with Crippen molar-refractivity contribution in [1.29, 1.82) is 0 Å². The molecular weight excluding hydrogens is 500 g/mol. The molecule has 3 aliphatic heterocycles.